The second-order valence-electron chi connectivity index (χ2n) is 5.59. The van der Waals surface area contributed by atoms with E-state index in [1.54, 1.807) is 0 Å². The number of alkyl halides is 1. The van der Waals surface area contributed by atoms with Crippen molar-refractivity contribution in [2.45, 2.75) is 26.8 Å². The fraction of sp³-hybridized carbons (Fsp3) is 0.412. The summed E-state index contributed by atoms with van der Waals surface area (Å²) in [4.78, 5) is 15.7. The van der Waals surface area contributed by atoms with E-state index in [0.29, 0.717) is 18.4 Å². The number of halogens is 1. The fourth-order valence-corrected chi connectivity index (χ4v) is 2.32. The molecule has 1 amide bonds. The smallest absolute Gasteiger partial charge is 0.217 e. The van der Waals surface area contributed by atoms with Crippen molar-refractivity contribution >= 4 is 32.7 Å². The molecule has 1 N–H and O–H groups in total. The highest BCUT2D eigenvalue weighted by Crippen LogP contribution is 2.22. The van der Waals surface area contributed by atoms with E-state index in [-0.39, 0.29) is 11.9 Å². The van der Waals surface area contributed by atoms with Crippen molar-refractivity contribution in [1.82, 2.24) is 10.3 Å². The van der Waals surface area contributed by atoms with Crippen LogP contribution in [0.15, 0.2) is 30.3 Å². The summed E-state index contributed by atoms with van der Waals surface area (Å²) in [6.45, 7) is 6.25. The van der Waals surface area contributed by atoms with Crippen LogP contribution in [0.25, 0.3) is 10.9 Å². The molecule has 118 valence electrons. The number of rotatable bonds is 6. The Morgan fingerprint density at radius 3 is 2.77 bits per heavy atom. The van der Waals surface area contributed by atoms with Crippen LogP contribution in [0.2, 0.25) is 0 Å². The molecule has 1 aromatic heterocycles. The number of nitrogens with zero attached hydrogens (tertiary/aromatic N) is 1. The zero-order valence-electron chi connectivity index (χ0n) is 13.1. The minimum atomic E-state index is -0.0321. The van der Waals surface area contributed by atoms with Crippen molar-refractivity contribution < 1.29 is 9.53 Å². The number of pyridine rings is 1. The van der Waals surface area contributed by atoms with Crippen molar-refractivity contribution in [2.75, 3.05) is 11.9 Å². The van der Waals surface area contributed by atoms with Crippen molar-refractivity contribution in [3.8, 4) is 5.88 Å². The van der Waals surface area contributed by atoms with Gasteiger partial charge in [0, 0.05) is 23.7 Å². The van der Waals surface area contributed by atoms with E-state index >= 15 is 0 Å². The standard InChI is InChI=1S/C17H21BrN2O2/c1-11(9-18)10-22-17-7-5-15-8-14(4-6-16(15)20-17)12(2)19-13(3)21/h4-8,11-12H,9-10H2,1-3H3,(H,19,21). The van der Waals surface area contributed by atoms with Crippen molar-refractivity contribution in [2.24, 2.45) is 5.92 Å². The van der Waals surface area contributed by atoms with Crippen LogP contribution in [-0.2, 0) is 4.79 Å². The number of hydrogen-bond donors (Lipinski definition) is 1. The van der Waals surface area contributed by atoms with Crippen LogP contribution in [0.4, 0.5) is 0 Å². The Labute approximate surface area is 139 Å². The Morgan fingerprint density at radius 2 is 2.09 bits per heavy atom. The maximum atomic E-state index is 11.1. The van der Waals surface area contributed by atoms with Gasteiger partial charge in [-0.2, -0.15) is 0 Å². The molecule has 0 aliphatic rings. The number of ether oxygens (including phenoxy) is 1. The molecule has 1 heterocycles. The number of carbonyl (C=O) groups excluding carboxylic acids is 1. The minimum Gasteiger partial charge on any atom is -0.477 e. The lowest BCUT2D eigenvalue weighted by Gasteiger charge is -2.14. The highest BCUT2D eigenvalue weighted by Gasteiger charge is 2.08. The van der Waals surface area contributed by atoms with Crippen molar-refractivity contribution in [3.05, 3.63) is 35.9 Å². The van der Waals surface area contributed by atoms with Gasteiger partial charge in [-0.3, -0.25) is 4.79 Å². The fourth-order valence-electron chi connectivity index (χ4n) is 2.14. The van der Waals surface area contributed by atoms with Crippen molar-refractivity contribution in [1.29, 1.82) is 0 Å². The van der Waals surface area contributed by atoms with Crippen LogP contribution in [0.1, 0.15) is 32.4 Å². The van der Waals surface area contributed by atoms with Gasteiger partial charge in [-0.05, 0) is 36.6 Å². The maximum absolute atomic E-state index is 11.1. The molecule has 5 heteroatoms. The number of amides is 1. The van der Waals surface area contributed by atoms with Crippen LogP contribution in [0, 0.1) is 5.92 Å². The molecular weight excluding hydrogens is 344 g/mol. The number of fused-ring (bicyclic) bond motifs is 1. The molecule has 4 nitrogen and oxygen atoms in total. The summed E-state index contributed by atoms with van der Waals surface area (Å²) in [6.07, 6.45) is 0. The van der Waals surface area contributed by atoms with E-state index in [1.165, 1.54) is 6.92 Å². The quantitative estimate of drug-likeness (QED) is 0.792. The molecule has 2 unspecified atom stereocenters. The highest BCUT2D eigenvalue weighted by atomic mass is 79.9. The zero-order chi connectivity index (χ0) is 16.1. The van der Waals surface area contributed by atoms with Gasteiger partial charge in [-0.15, -0.1) is 0 Å². The van der Waals surface area contributed by atoms with Gasteiger partial charge in [0.2, 0.25) is 11.8 Å². The van der Waals surface area contributed by atoms with Gasteiger partial charge < -0.3 is 10.1 Å². The monoisotopic (exact) mass is 364 g/mol. The Bertz CT molecular complexity index is 660. The Kier molecular flexibility index (Phi) is 5.77. The number of aromatic nitrogens is 1. The van der Waals surface area contributed by atoms with E-state index in [4.69, 9.17) is 4.74 Å². The van der Waals surface area contributed by atoms with E-state index in [0.717, 1.165) is 21.8 Å². The van der Waals surface area contributed by atoms with Crippen LogP contribution in [0.3, 0.4) is 0 Å². The molecule has 2 aromatic rings. The molecule has 0 saturated carbocycles. The van der Waals surface area contributed by atoms with Crippen LogP contribution in [-0.4, -0.2) is 22.8 Å². The number of nitrogens with one attached hydrogen (secondary N) is 1. The lowest BCUT2D eigenvalue weighted by atomic mass is 10.1. The SMILES string of the molecule is CC(=O)NC(C)c1ccc2nc(OCC(C)CBr)ccc2c1. The van der Waals surface area contributed by atoms with Crippen molar-refractivity contribution in [3.63, 3.8) is 0 Å². The number of carbonyl (C=O) groups is 1. The molecule has 0 radical (unpaired) electrons. The summed E-state index contributed by atoms with van der Waals surface area (Å²) in [7, 11) is 0. The lowest BCUT2D eigenvalue weighted by Crippen LogP contribution is -2.23. The van der Waals surface area contributed by atoms with Gasteiger partial charge in [0.25, 0.3) is 0 Å². The van der Waals surface area contributed by atoms with Gasteiger partial charge >= 0.3 is 0 Å². The topological polar surface area (TPSA) is 51.2 Å². The third-order valence-corrected chi connectivity index (χ3v) is 4.49. The van der Waals surface area contributed by atoms with Gasteiger partial charge in [-0.25, -0.2) is 4.98 Å². The second kappa shape index (κ2) is 7.58. The average Bonchev–Trinajstić information content (AvgIpc) is 2.51. The Hall–Kier alpha value is -1.62. The first-order chi connectivity index (χ1) is 10.5. The molecular formula is C17H21BrN2O2. The third kappa shape index (κ3) is 4.44. The molecule has 0 spiro atoms. The first-order valence-electron chi connectivity index (χ1n) is 7.36. The third-order valence-electron chi connectivity index (χ3n) is 3.39. The van der Waals surface area contributed by atoms with Crippen LogP contribution >= 0.6 is 15.9 Å². The second-order valence-corrected chi connectivity index (χ2v) is 6.24. The first kappa shape index (κ1) is 16.7. The molecule has 1 aromatic carbocycles. The van der Waals surface area contributed by atoms with Gasteiger partial charge in [0.1, 0.15) is 0 Å². The molecule has 0 aliphatic carbocycles. The summed E-state index contributed by atoms with van der Waals surface area (Å²) in [5.41, 5.74) is 1.95. The highest BCUT2D eigenvalue weighted by molar-refractivity contribution is 9.09. The number of benzene rings is 1. The molecule has 22 heavy (non-hydrogen) atoms. The predicted molar refractivity (Wildman–Crippen MR) is 92.4 cm³/mol. The summed E-state index contributed by atoms with van der Waals surface area (Å²) in [5.74, 6) is 1.05. The van der Waals surface area contributed by atoms with E-state index in [1.807, 2.05) is 37.3 Å². The Balaban J connectivity index is 2.16. The molecule has 0 bridgehead atoms. The molecule has 0 fully saturated rings. The molecule has 2 rings (SSSR count). The van der Waals surface area contributed by atoms with Crippen LogP contribution in [0.5, 0.6) is 5.88 Å². The maximum Gasteiger partial charge on any atom is 0.217 e. The molecule has 0 saturated heterocycles. The Morgan fingerprint density at radius 1 is 1.32 bits per heavy atom. The van der Waals surface area contributed by atoms with E-state index in [9.17, 15) is 4.79 Å². The normalized spacial score (nSPS) is 13.6. The lowest BCUT2D eigenvalue weighted by molar-refractivity contribution is -0.119. The minimum absolute atomic E-state index is 0.0161. The van der Waals surface area contributed by atoms with E-state index in [2.05, 4.69) is 33.2 Å². The zero-order valence-corrected chi connectivity index (χ0v) is 14.7. The van der Waals surface area contributed by atoms with Gasteiger partial charge in [0.05, 0.1) is 18.2 Å². The van der Waals surface area contributed by atoms with Gasteiger partial charge in [-0.1, -0.05) is 28.9 Å². The largest absolute Gasteiger partial charge is 0.477 e. The summed E-state index contributed by atoms with van der Waals surface area (Å²) >= 11 is 3.44. The van der Waals surface area contributed by atoms with Gasteiger partial charge in [0.15, 0.2) is 0 Å². The summed E-state index contributed by atoms with van der Waals surface area (Å²) in [6, 6.07) is 9.87. The first-order valence-corrected chi connectivity index (χ1v) is 8.48. The molecule has 0 aliphatic heterocycles. The summed E-state index contributed by atoms with van der Waals surface area (Å²) in [5, 5.41) is 4.83. The van der Waals surface area contributed by atoms with E-state index < -0.39 is 0 Å². The van der Waals surface area contributed by atoms with Crippen LogP contribution < -0.4 is 10.1 Å². The number of hydrogen-bond acceptors (Lipinski definition) is 3. The average molecular weight is 365 g/mol. The predicted octanol–water partition coefficient (Wildman–Crippen LogP) is 3.84. The molecule has 2 atom stereocenters. The summed E-state index contributed by atoms with van der Waals surface area (Å²) < 4.78 is 5.70.